The van der Waals surface area contributed by atoms with Crippen molar-refractivity contribution in [1.82, 2.24) is 4.98 Å². The first-order chi connectivity index (χ1) is 13.0. The van der Waals surface area contributed by atoms with E-state index in [4.69, 9.17) is 0 Å². The summed E-state index contributed by atoms with van der Waals surface area (Å²) in [4.78, 5) is 28.1. The number of nitrogens with zero attached hydrogens (tertiary/aromatic N) is 1. The van der Waals surface area contributed by atoms with Crippen LogP contribution < -0.4 is 10.6 Å². The number of pyridine rings is 1. The quantitative estimate of drug-likeness (QED) is 0.668. The topological polar surface area (TPSA) is 80.3 Å². The zero-order valence-corrected chi connectivity index (χ0v) is 14.4. The number of esters is 1. The van der Waals surface area contributed by atoms with Crippen molar-refractivity contribution >= 4 is 28.9 Å². The molecule has 1 amide bonds. The highest BCUT2D eigenvalue weighted by Crippen LogP contribution is 2.18. The molecule has 0 bridgehead atoms. The van der Waals surface area contributed by atoms with Crippen LogP contribution in [0.15, 0.2) is 66.9 Å². The van der Waals surface area contributed by atoms with Crippen molar-refractivity contribution in [2.75, 3.05) is 17.7 Å². The number of anilines is 3. The van der Waals surface area contributed by atoms with E-state index >= 15 is 0 Å². The van der Waals surface area contributed by atoms with E-state index in [1.165, 1.54) is 31.5 Å². The fourth-order valence-electron chi connectivity index (χ4n) is 2.40. The van der Waals surface area contributed by atoms with Gasteiger partial charge < -0.3 is 15.4 Å². The molecule has 7 heteroatoms. The van der Waals surface area contributed by atoms with Gasteiger partial charge in [0.15, 0.2) is 0 Å². The van der Waals surface area contributed by atoms with Crippen molar-refractivity contribution in [2.45, 2.75) is 0 Å². The molecule has 0 unspecified atom stereocenters. The van der Waals surface area contributed by atoms with E-state index in [2.05, 4.69) is 20.4 Å². The highest BCUT2D eigenvalue weighted by atomic mass is 19.1. The third-order valence-corrected chi connectivity index (χ3v) is 3.65. The van der Waals surface area contributed by atoms with Gasteiger partial charge in [0.05, 0.1) is 12.7 Å². The molecule has 0 spiro atoms. The Morgan fingerprint density at radius 3 is 2.48 bits per heavy atom. The van der Waals surface area contributed by atoms with Gasteiger partial charge in [0, 0.05) is 23.3 Å². The first-order valence-electron chi connectivity index (χ1n) is 8.03. The van der Waals surface area contributed by atoms with E-state index in [1.807, 2.05) is 0 Å². The van der Waals surface area contributed by atoms with Crippen LogP contribution in [0.1, 0.15) is 20.8 Å². The van der Waals surface area contributed by atoms with E-state index in [0.29, 0.717) is 22.6 Å². The minimum Gasteiger partial charge on any atom is -0.465 e. The molecule has 6 nitrogen and oxygen atoms in total. The molecule has 0 aliphatic heterocycles. The molecule has 0 atom stereocenters. The number of hydrogen-bond acceptors (Lipinski definition) is 5. The van der Waals surface area contributed by atoms with Gasteiger partial charge in [-0.2, -0.15) is 0 Å². The average molecular weight is 365 g/mol. The van der Waals surface area contributed by atoms with Gasteiger partial charge in [0.1, 0.15) is 11.5 Å². The number of rotatable bonds is 5. The summed E-state index contributed by atoms with van der Waals surface area (Å²) >= 11 is 0. The van der Waals surface area contributed by atoms with Gasteiger partial charge in [-0.25, -0.2) is 9.18 Å². The normalized spacial score (nSPS) is 10.1. The Morgan fingerprint density at radius 2 is 1.70 bits per heavy atom. The van der Waals surface area contributed by atoms with Crippen molar-refractivity contribution in [3.63, 3.8) is 0 Å². The van der Waals surface area contributed by atoms with Gasteiger partial charge in [0.2, 0.25) is 0 Å². The second-order valence-electron chi connectivity index (χ2n) is 5.59. The second-order valence-corrected chi connectivity index (χ2v) is 5.59. The summed E-state index contributed by atoms with van der Waals surface area (Å²) in [5, 5.41) is 5.70. The lowest BCUT2D eigenvalue weighted by atomic mass is 10.2. The lowest BCUT2D eigenvalue weighted by Crippen LogP contribution is -2.14. The molecule has 0 saturated carbocycles. The SMILES string of the molecule is COC(=O)c1cccc(NC(=O)c2cc(Nc3cccc(F)c3)ccn2)c1. The summed E-state index contributed by atoms with van der Waals surface area (Å²) in [6.45, 7) is 0. The van der Waals surface area contributed by atoms with Crippen LogP contribution in [0.5, 0.6) is 0 Å². The molecule has 0 aliphatic rings. The molecule has 1 heterocycles. The maximum atomic E-state index is 13.3. The lowest BCUT2D eigenvalue weighted by Gasteiger charge is -2.09. The van der Waals surface area contributed by atoms with Gasteiger partial charge in [-0.3, -0.25) is 9.78 Å². The molecule has 2 aromatic carbocycles. The number of carbonyl (C=O) groups is 2. The van der Waals surface area contributed by atoms with Crippen LogP contribution in [0.3, 0.4) is 0 Å². The first kappa shape index (κ1) is 18.1. The smallest absolute Gasteiger partial charge is 0.337 e. The number of halogens is 1. The largest absolute Gasteiger partial charge is 0.465 e. The molecule has 0 fully saturated rings. The predicted octanol–water partition coefficient (Wildman–Crippen LogP) is 4.00. The zero-order valence-electron chi connectivity index (χ0n) is 14.4. The molecular weight excluding hydrogens is 349 g/mol. The van der Waals surface area contributed by atoms with Crippen LogP contribution in [-0.2, 0) is 4.74 Å². The van der Waals surface area contributed by atoms with Crippen LogP contribution >= 0.6 is 0 Å². The minimum atomic E-state index is -0.495. The van der Waals surface area contributed by atoms with E-state index in [0.717, 1.165) is 0 Å². The summed E-state index contributed by atoms with van der Waals surface area (Å²) < 4.78 is 17.9. The van der Waals surface area contributed by atoms with E-state index in [-0.39, 0.29) is 11.5 Å². The van der Waals surface area contributed by atoms with Crippen LogP contribution in [0.2, 0.25) is 0 Å². The molecule has 0 aliphatic carbocycles. The molecule has 2 N–H and O–H groups in total. The molecule has 0 radical (unpaired) electrons. The van der Waals surface area contributed by atoms with Crippen molar-refractivity contribution < 1.29 is 18.7 Å². The van der Waals surface area contributed by atoms with Gasteiger partial charge in [-0.05, 0) is 48.5 Å². The molecule has 3 aromatic rings. The standard InChI is InChI=1S/C20H16FN3O3/c1-27-20(26)13-4-2-6-15(10-13)24-19(25)18-12-17(8-9-22-18)23-16-7-3-5-14(21)11-16/h2-12H,1H3,(H,22,23)(H,24,25). The molecule has 27 heavy (non-hydrogen) atoms. The number of hydrogen-bond donors (Lipinski definition) is 2. The summed E-state index contributed by atoms with van der Waals surface area (Å²) in [6.07, 6.45) is 1.47. The lowest BCUT2D eigenvalue weighted by molar-refractivity contribution is 0.0600. The molecule has 1 aromatic heterocycles. The van der Waals surface area contributed by atoms with E-state index in [1.54, 1.807) is 42.5 Å². The summed E-state index contributed by atoms with van der Waals surface area (Å²) in [5.74, 6) is -1.30. The molecule has 136 valence electrons. The fraction of sp³-hybridized carbons (Fsp3) is 0.0500. The van der Waals surface area contributed by atoms with Gasteiger partial charge in [-0.1, -0.05) is 12.1 Å². The highest BCUT2D eigenvalue weighted by molar-refractivity contribution is 6.04. The molecule has 0 saturated heterocycles. The Balaban J connectivity index is 1.75. The van der Waals surface area contributed by atoms with E-state index < -0.39 is 11.9 Å². The van der Waals surface area contributed by atoms with Gasteiger partial charge >= 0.3 is 5.97 Å². The Bertz CT molecular complexity index is 991. The van der Waals surface area contributed by atoms with Crippen molar-refractivity contribution in [2.24, 2.45) is 0 Å². The number of carbonyl (C=O) groups excluding carboxylic acids is 2. The zero-order chi connectivity index (χ0) is 19.2. The maximum Gasteiger partial charge on any atom is 0.337 e. The summed E-state index contributed by atoms with van der Waals surface area (Å²) in [5.41, 5.74) is 2.07. The third-order valence-electron chi connectivity index (χ3n) is 3.65. The van der Waals surface area contributed by atoms with Crippen LogP contribution in [0, 0.1) is 5.82 Å². The second kappa shape index (κ2) is 8.09. The van der Waals surface area contributed by atoms with Gasteiger partial charge in [0.25, 0.3) is 5.91 Å². The van der Waals surface area contributed by atoms with E-state index in [9.17, 15) is 14.0 Å². The monoisotopic (exact) mass is 365 g/mol. The van der Waals surface area contributed by atoms with Crippen LogP contribution in [-0.4, -0.2) is 24.0 Å². The Labute approximate surface area is 155 Å². The Hall–Kier alpha value is -3.74. The maximum absolute atomic E-state index is 13.3. The first-order valence-corrected chi connectivity index (χ1v) is 8.03. The molecule has 3 rings (SSSR count). The Kier molecular flexibility index (Phi) is 5.41. The number of benzene rings is 2. The predicted molar refractivity (Wildman–Crippen MR) is 99.7 cm³/mol. The van der Waals surface area contributed by atoms with Gasteiger partial charge in [-0.15, -0.1) is 0 Å². The number of methoxy groups -OCH3 is 1. The van der Waals surface area contributed by atoms with Crippen molar-refractivity contribution in [3.8, 4) is 0 Å². The average Bonchev–Trinajstić information content (AvgIpc) is 2.68. The number of amides is 1. The molecular formula is C20H16FN3O3. The number of nitrogens with one attached hydrogen (secondary N) is 2. The fourth-order valence-corrected chi connectivity index (χ4v) is 2.40. The van der Waals surface area contributed by atoms with Crippen molar-refractivity contribution in [3.05, 3.63) is 83.9 Å². The minimum absolute atomic E-state index is 0.167. The van der Waals surface area contributed by atoms with Crippen LogP contribution in [0.4, 0.5) is 21.5 Å². The summed E-state index contributed by atoms with van der Waals surface area (Å²) in [6, 6.07) is 15.6. The number of aromatic nitrogens is 1. The van der Waals surface area contributed by atoms with Crippen molar-refractivity contribution in [1.29, 1.82) is 0 Å². The Morgan fingerprint density at radius 1 is 0.963 bits per heavy atom. The number of ether oxygens (including phenoxy) is 1. The highest BCUT2D eigenvalue weighted by Gasteiger charge is 2.11. The summed E-state index contributed by atoms with van der Waals surface area (Å²) in [7, 11) is 1.29. The third kappa shape index (κ3) is 4.66. The van der Waals surface area contributed by atoms with Crippen LogP contribution in [0.25, 0.3) is 0 Å².